The third-order valence-electron chi connectivity index (χ3n) is 3.99. The van der Waals surface area contributed by atoms with Crippen molar-refractivity contribution >= 4 is 23.6 Å². The van der Waals surface area contributed by atoms with Crippen LogP contribution >= 0.6 is 11.8 Å². The standard InChI is InChI=1S/C16H15F3N6O2S/c1-10-22-11(8-20)14(27-10)25-6-4-24(5-7-25)13(26)9-28-15-21-3-2-12(23-15)16(17,18)19/h2-3H,4-7,9H2,1H3. The molecule has 28 heavy (non-hydrogen) atoms. The zero-order valence-corrected chi connectivity index (χ0v) is 15.5. The van der Waals surface area contributed by atoms with E-state index >= 15 is 0 Å². The van der Waals surface area contributed by atoms with E-state index in [1.165, 1.54) is 0 Å². The number of amides is 1. The molecular weight excluding hydrogens is 397 g/mol. The highest BCUT2D eigenvalue weighted by Crippen LogP contribution is 2.28. The second kappa shape index (κ2) is 8.05. The number of hydrogen-bond acceptors (Lipinski definition) is 8. The Morgan fingerprint density at radius 1 is 1.32 bits per heavy atom. The van der Waals surface area contributed by atoms with Crippen molar-refractivity contribution in [3.63, 3.8) is 0 Å². The van der Waals surface area contributed by atoms with E-state index in [2.05, 4.69) is 15.0 Å². The normalized spacial score (nSPS) is 14.8. The van der Waals surface area contributed by atoms with Crippen LogP contribution in [0, 0.1) is 18.3 Å². The van der Waals surface area contributed by atoms with Gasteiger partial charge in [-0.25, -0.2) is 15.0 Å². The molecule has 0 radical (unpaired) electrons. The van der Waals surface area contributed by atoms with E-state index in [1.807, 2.05) is 11.0 Å². The third kappa shape index (κ3) is 4.53. The van der Waals surface area contributed by atoms with Crippen LogP contribution in [0.5, 0.6) is 0 Å². The minimum Gasteiger partial charge on any atom is -0.424 e. The van der Waals surface area contributed by atoms with Gasteiger partial charge in [-0.2, -0.15) is 18.4 Å². The van der Waals surface area contributed by atoms with Gasteiger partial charge in [-0.15, -0.1) is 0 Å². The van der Waals surface area contributed by atoms with Crippen LogP contribution < -0.4 is 4.90 Å². The molecule has 12 heteroatoms. The van der Waals surface area contributed by atoms with Crippen LogP contribution in [0.3, 0.4) is 0 Å². The number of rotatable bonds is 4. The predicted octanol–water partition coefficient (Wildman–Crippen LogP) is 2.10. The maximum Gasteiger partial charge on any atom is 0.433 e. The minimum atomic E-state index is -4.56. The Morgan fingerprint density at radius 2 is 2.04 bits per heavy atom. The maximum atomic E-state index is 12.7. The predicted molar refractivity (Wildman–Crippen MR) is 92.5 cm³/mol. The van der Waals surface area contributed by atoms with Crippen molar-refractivity contribution in [1.29, 1.82) is 5.26 Å². The highest BCUT2D eigenvalue weighted by molar-refractivity contribution is 7.99. The Bertz CT molecular complexity index is 903. The first-order valence-electron chi connectivity index (χ1n) is 8.21. The lowest BCUT2D eigenvalue weighted by molar-refractivity contribution is -0.141. The lowest BCUT2D eigenvalue weighted by Crippen LogP contribution is -2.49. The van der Waals surface area contributed by atoms with Gasteiger partial charge in [0.2, 0.25) is 17.5 Å². The SMILES string of the molecule is Cc1nc(C#N)c(N2CCN(C(=O)CSc3nccc(C(F)(F)F)n3)CC2)o1. The van der Waals surface area contributed by atoms with Crippen LogP contribution in [0.4, 0.5) is 19.1 Å². The molecule has 0 spiro atoms. The van der Waals surface area contributed by atoms with Crippen molar-refractivity contribution in [1.82, 2.24) is 19.9 Å². The molecule has 3 heterocycles. The summed E-state index contributed by atoms with van der Waals surface area (Å²) in [4.78, 5) is 27.0. The Morgan fingerprint density at radius 3 is 2.68 bits per heavy atom. The molecule has 3 rings (SSSR count). The van der Waals surface area contributed by atoms with E-state index in [0.29, 0.717) is 38.0 Å². The van der Waals surface area contributed by atoms with E-state index < -0.39 is 11.9 Å². The van der Waals surface area contributed by atoms with Crippen LogP contribution in [0.25, 0.3) is 0 Å². The summed E-state index contributed by atoms with van der Waals surface area (Å²) >= 11 is 0.860. The summed E-state index contributed by atoms with van der Waals surface area (Å²) in [6.45, 7) is 3.36. The maximum absolute atomic E-state index is 12.7. The molecule has 0 atom stereocenters. The number of thioether (sulfide) groups is 1. The number of anilines is 1. The van der Waals surface area contributed by atoms with E-state index in [1.54, 1.807) is 11.8 Å². The Hall–Kier alpha value is -2.81. The molecule has 1 aliphatic rings. The van der Waals surface area contributed by atoms with Crippen molar-refractivity contribution in [3.05, 3.63) is 29.5 Å². The fraction of sp³-hybridized carbons (Fsp3) is 0.438. The van der Waals surface area contributed by atoms with Crippen molar-refractivity contribution < 1.29 is 22.4 Å². The van der Waals surface area contributed by atoms with Crippen molar-refractivity contribution in [3.8, 4) is 6.07 Å². The molecule has 0 aliphatic carbocycles. The number of oxazole rings is 1. The van der Waals surface area contributed by atoms with Gasteiger partial charge in [-0.05, 0) is 6.07 Å². The van der Waals surface area contributed by atoms with Crippen LogP contribution in [0.2, 0.25) is 0 Å². The zero-order valence-electron chi connectivity index (χ0n) is 14.7. The summed E-state index contributed by atoms with van der Waals surface area (Å²) in [5, 5.41) is 9.00. The van der Waals surface area contributed by atoms with Crippen LogP contribution in [-0.4, -0.2) is 57.7 Å². The number of carbonyl (C=O) groups is 1. The topological polar surface area (TPSA) is 99.2 Å². The molecule has 2 aromatic rings. The molecule has 8 nitrogen and oxygen atoms in total. The second-order valence-electron chi connectivity index (χ2n) is 5.88. The molecule has 148 valence electrons. The van der Waals surface area contributed by atoms with Crippen LogP contribution in [-0.2, 0) is 11.0 Å². The number of aromatic nitrogens is 3. The summed E-state index contributed by atoms with van der Waals surface area (Å²) in [7, 11) is 0. The number of piperazine rings is 1. The molecule has 1 fully saturated rings. The first-order chi connectivity index (χ1) is 13.3. The molecule has 0 bridgehead atoms. The van der Waals surface area contributed by atoms with Crippen molar-refractivity contribution in [2.45, 2.75) is 18.3 Å². The Balaban J connectivity index is 1.54. The summed E-state index contributed by atoms with van der Waals surface area (Å²) in [5.41, 5.74) is -0.837. The van der Waals surface area contributed by atoms with Gasteiger partial charge in [0.25, 0.3) is 0 Å². The minimum absolute atomic E-state index is 0.0633. The molecule has 2 aromatic heterocycles. The summed E-state index contributed by atoms with van der Waals surface area (Å²) in [5.74, 6) is 0.493. The number of nitriles is 1. The van der Waals surface area contributed by atoms with Crippen LogP contribution in [0.1, 0.15) is 17.3 Å². The molecule has 0 N–H and O–H groups in total. The van der Waals surface area contributed by atoms with E-state index in [-0.39, 0.29) is 22.5 Å². The summed E-state index contributed by atoms with van der Waals surface area (Å²) in [6.07, 6.45) is -3.53. The first-order valence-corrected chi connectivity index (χ1v) is 9.20. The average molecular weight is 412 g/mol. The molecule has 1 saturated heterocycles. The van der Waals surface area contributed by atoms with Gasteiger partial charge in [0.1, 0.15) is 11.8 Å². The van der Waals surface area contributed by atoms with Gasteiger partial charge in [0, 0.05) is 39.3 Å². The average Bonchev–Trinajstić information content (AvgIpc) is 3.06. The van der Waals surface area contributed by atoms with Gasteiger partial charge < -0.3 is 14.2 Å². The molecule has 0 saturated carbocycles. The van der Waals surface area contributed by atoms with Crippen LogP contribution in [0.15, 0.2) is 21.8 Å². The lowest BCUT2D eigenvalue weighted by Gasteiger charge is -2.34. The third-order valence-corrected chi connectivity index (χ3v) is 4.84. The second-order valence-corrected chi connectivity index (χ2v) is 6.82. The Kier molecular flexibility index (Phi) is 5.73. The van der Waals surface area contributed by atoms with Gasteiger partial charge in [0.15, 0.2) is 11.0 Å². The molecule has 0 aromatic carbocycles. The van der Waals surface area contributed by atoms with Gasteiger partial charge >= 0.3 is 6.18 Å². The number of halogens is 3. The lowest BCUT2D eigenvalue weighted by atomic mass is 10.3. The quantitative estimate of drug-likeness (QED) is 0.556. The first kappa shape index (κ1) is 19.9. The molecule has 1 amide bonds. The fourth-order valence-electron chi connectivity index (χ4n) is 2.65. The number of aryl methyl sites for hydroxylation is 1. The number of nitrogens with zero attached hydrogens (tertiary/aromatic N) is 6. The van der Waals surface area contributed by atoms with Crippen molar-refractivity contribution in [2.24, 2.45) is 0 Å². The number of carbonyl (C=O) groups excluding carboxylic acids is 1. The van der Waals surface area contributed by atoms with Gasteiger partial charge in [-0.3, -0.25) is 4.79 Å². The fourth-order valence-corrected chi connectivity index (χ4v) is 3.38. The van der Waals surface area contributed by atoms with Gasteiger partial charge in [0.05, 0.1) is 5.75 Å². The number of hydrogen-bond donors (Lipinski definition) is 0. The summed E-state index contributed by atoms with van der Waals surface area (Å²) < 4.78 is 43.5. The smallest absolute Gasteiger partial charge is 0.424 e. The van der Waals surface area contributed by atoms with E-state index in [0.717, 1.165) is 24.0 Å². The molecule has 1 aliphatic heterocycles. The molecular formula is C16H15F3N6O2S. The van der Waals surface area contributed by atoms with Gasteiger partial charge in [-0.1, -0.05) is 11.8 Å². The van der Waals surface area contributed by atoms with E-state index in [4.69, 9.17) is 9.68 Å². The number of alkyl halides is 3. The monoisotopic (exact) mass is 412 g/mol. The zero-order chi connectivity index (χ0) is 20.3. The van der Waals surface area contributed by atoms with Crippen molar-refractivity contribution in [2.75, 3.05) is 36.8 Å². The highest BCUT2D eigenvalue weighted by Gasteiger charge is 2.33. The molecule has 0 unspecified atom stereocenters. The highest BCUT2D eigenvalue weighted by atomic mass is 32.2. The summed E-state index contributed by atoms with van der Waals surface area (Å²) in [6, 6.07) is 2.76. The largest absolute Gasteiger partial charge is 0.433 e. The van der Waals surface area contributed by atoms with E-state index in [9.17, 15) is 18.0 Å². The Labute approximate surface area is 162 Å².